The Kier molecular flexibility index (Phi) is 6.01. The van der Waals surface area contributed by atoms with Crippen LogP contribution in [0.1, 0.15) is 31.2 Å². The molecule has 0 saturated carbocycles. The van der Waals surface area contributed by atoms with Gasteiger partial charge < -0.3 is 10.1 Å². The Hall–Kier alpha value is -0.910. The summed E-state index contributed by atoms with van der Waals surface area (Å²) in [5.74, 6) is 0.549. The van der Waals surface area contributed by atoms with E-state index in [1.807, 2.05) is 0 Å². The second-order valence-corrected chi connectivity index (χ2v) is 6.56. The van der Waals surface area contributed by atoms with E-state index in [1.165, 1.54) is 4.88 Å². The molecular weight excluding hydrogens is 272 g/mol. The molecule has 1 amide bonds. The van der Waals surface area contributed by atoms with Gasteiger partial charge in [-0.05, 0) is 17.4 Å². The van der Waals surface area contributed by atoms with Crippen molar-refractivity contribution < 1.29 is 9.53 Å². The number of hydrogen-bond donors (Lipinski definition) is 1. The van der Waals surface area contributed by atoms with Crippen molar-refractivity contribution in [2.75, 3.05) is 32.8 Å². The van der Waals surface area contributed by atoms with Gasteiger partial charge in [-0.25, -0.2) is 0 Å². The number of nitrogens with zero attached hydrogens (tertiary/aromatic N) is 1. The standard InChI is InChI=1S/C15H24N2O2S/c1-12(2)10-15(18)16-11-13(14-4-3-9-20-14)17-5-7-19-8-6-17/h3-4,9,12-13H,5-8,10-11H2,1-2H3,(H,16,18). The fraction of sp³-hybridized carbons (Fsp3) is 0.667. The molecule has 112 valence electrons. The number of carbonyl (C=O) groups is 1. The molecule has 2 heterocycles. The fourth-order valence-electron chi connectivity index (χ4n) is 2.43. The molecule has 20 heavy (non-hydrogen) atoms. The Labute approximate surface area is 125 Å². The number of carbonyl (C=O) groups excluding carboxylic acids is 1. The quantitative estimate of drug-likeness (QED) is 0.875. The summed E-state index contributed by atoms with van der Waals surface area (Å²) in [6, 6.07) is 4.50. The number of hydrogen-bond acceptors (Lipinski definition) is 4. The zero-order chi connectivity index (χ0) is 14.4. The molecule has 1 aromatic heterocycles. The SMILES string of the molecule is CC(C)CC(=O)NCC(c1cccs1)N1CCOCC1. The van der Waals surface area contributed by atoms with Crippen LogP contribution in [0.25, 0.3) is 0 Å². The van der Waals surface area contributed by atoms with E-state index in [1.54, 1.807) is 11.3 Å². The molecule has 1 aliphatic rings. The molecule has 0 aliphatic carbocycles. The van der Waals surface area contributed by atoms with E-state index in [0.717, 1.165) is 26.3 Å². The summed E-state index contributed by atoms with van der Waals surface area (Å²) in [5, 5.41) is 5.18. The number of ether oxygens (including phenoxy) is 1. The largest absolute Gasteiger partial charge is 0.379 e. The van der Waals surface area contributed by atoms with Gasteiger partial charge in [0.2, 0.25) is 5.91 Å². The summed E-state index contributed by atoms with van der Waals surface area (Å²) in [5.41, 5.74) is 0. The number of rotatable bonds is 6. The smallest absolute Gasteiger partial charge is 0.220 e. The van der Waals surface area contributed by atoms with Crippen LogP contribution >= 0.6 is 11.3 Å². The maximum atomic E-state index is 11.9. The molecule has 1 fully saturated rings. The van der Waals surface area contributed by atoms with Gasteiger partial charge in [0.1, 0.15) is 0 Å². The van der Waals surface area contributed by atoms with E-state index in [2.05, 4.69) is 41.6 Å². The van der Waals surface area contributed by atoms with Gasteiger partial charge in [0.15, 0.2) is 0 Å². The summed E-state index contributed by atoms with van der Waals surface area (Å²) in [4.78, 5) is 15.6. The third-order valence-corrected chi connectivity index (χ3v) is 4.42. The van der Waals surface area contributed by atoms with E-state index >= 15 is 0 Å². The van der Waals surface area contributed by atoms with Crippen molar-refractivity contribution >= 4 is 17.2 Å². The lowest BCUT2D eigenvalue weighted by Crippen LogP contribution is -2.43. The molecule has 0 bridgehead atoms. The maximum Gasteiger partial charge on any atom is 0.220 e. The molecule has 5 heteroatoms. The van der Waals surface area contributed by atoms with Gasteiger partial charge in [-0.1, -0.05) is 19.9 Å². The molecule has 4 nitrogen and oxygen atoms in total. The molecular formula is C15H24N2O2S. The zero-order valence-electron chi connectivity index (χ0n) is 12.3. The molecule has 2 rings (SSSR count). The number of nitrogens with one attached hydrogen (secondary N) is 1. The van der Waals surface area contributed by atoms with Crippen LogP contribution in [0, 0.1) is 5.92 Å². The van der Waals surface area contributed by atoms with Gasteiger partial charge >= 0.3 is 0 Å². The second-order valence-electron chi connectivity index (χ2n) is 5.58. The molecule has 0 aromatic carbocycles. The first-order chi connectivity index (χ1) is 9.66. The Morgan fingerprint density at radius 3 is 2.80 bits per heavy atom. The highest BCUT2D eigenvalue weighted by atomic mass is 32.1. The van der Waals surface area contributed by atoms with Gasteiger partial charge in [0, 0.05) is 30.9 Å². The van der Waals surface area contributed by atoms with Crippen molar-refractivity contribution in [3.63, 3.8) is 0 Å². The van der Waals surface area contributed by atoms with Gasteiger partial charge in [0.25, 0.3) is 0 Å². The zero-order valence-corrected chi connectivity index (χ0v) is 13.1. The number of morpholine rings is 1. The topological polar surface area (TPSA) is 41.6 Å². The molecule has 1 unspecified atom stereocenters. The van der Waals surface area contributed by atoms with Crippen molar-refractivity contribution in [1.29, 1.82) is 0 Å². The first kappa shape index (κ1) is 15.5. The number of amides is 1. The van der Waals surface area contributed by atoms with Crippen LogP contribution in [0.5, 0.6) is 0 Å². The average molecular weight is 296 g/mol. The highest BCUT2D eigenvalue weighted by Gasteiger charge is 2.23. The minimum atomic E-state index is 0.148. The fourth-order valence-corrected chi connectivity index (χ4v) is 3.29. The van der Waals surface area contributed by atoms with Gasteiger partial charge in [-0.15, -0.1) is 11.3 Å². The van der Waals surface area contributed by atoms with Crippen molar-refractivity contribution in [3.8, 4) is 0 Å². The highest BCUT2D eigenvalue weighted by Crippen LogP contribution is 2.25. The summed E-state index contributed by atoms with van der Waals surface area (Å²) in [6.07, 6.45) is 0.597. The Morgan fingerprint density at radius 2 is 2.20 bits per heavy atom. The first-order valence-electron chi connectivity index (χ1n) is 7.28. The van der Waals surface area contributed by atoms with Crippen LogP contribution in [-0.2, 0) is 9.53 Å². The summed E-state index contributed by atoms with van der Waals surface area (Å²) < 4.78 is 5.42. The van der Waals surface area contributed by atoms with Crippen LogP contribution in [0.4, 0.5) is 0 Å². The van der Waals surface area contributed by atoms with Gasteiger partial charge in [0.05, 0.1) is 19.3 Å². The average Bonchev–Trinajstić information content (AvgIpc) is 2.93. The second kappa shape index (κ2) is 7.76. The molecule has 1 saturated heterocycles. The Morgan fingerprint density at radius 1 is 1.45 bits per heavy atom. The van der Waals surface area contributed by atoms with Crippen molar-refractivity contribution in [1.82, 2.24) is 10.2 Å². The summed E-state index contributed by atoms with van der Waals surface area (Å²) in [6.45, 7) is 8.25. The van der Waals surface area contributed by atoms with Crippen LogP contribution < -0.4 is 5.32 Å². The van der Waals surface area contributed by atoms with Crippen molar-refractivity contribution in [2.45, 2.75) is 26.3 Å². The maximum absolute atomic E-state index is 11.9. The lowest BCUT2D eigenvalue weighted by atomic mass is 10.1. The number of thiophene rings is 1. The van der Waals surface area contributed by atoms with Crippen LogP contribution in [0.3, 0.4) is 0 Å². The minimum Gasteiger partial charge on any atom is -0.379 e. The van der Waals surface area contributed by atoms with Gasteiger partial charge in [-0.2, -0.15) is 0 Å². The third kappa shape index (κ3) is 4.58. The van der Waals surface area contributed by atoms with E-state index in [9.17, 15) is 4.79 Å². The summed E-state index contributed by atoms with van der Waals surface area (Å²) >= 11 is 1.76. The monoisotopic (exact) mass is 296 g/mol. The van der Waals surface area contributed by atoms with Gasteiger partial charge in [-0.3, -0.25) is 9.69 Å². The normalized spacial score (nSPS) is 18.1. The molecule has 0 spiro atoms. The van der Waals surface area contributed by atoms with Crippen molar-refractivity contribution in [2.24, 2.45) is 5.92 Å². The lowest BCUT2D eigenvalue weighted by Gasteiger charge is -2.34. The highest BCUT2D eigenvalue weighted by molar-refractivity contribution is 7.10. The predicted octanol–water partition coefficient (Wildman–Crippen LogP) is 2.28. The minimum absolute atomic E-state index is 0.148. The van der Waals surface area contributed by atoms with Crippen molar-refractivity contribution in [3.05, 3.63) is 22.4 Å². The molecule has 1 aliphatic heterocycles. The predicted molar refractivity (Wildman–Crippen MR) is 81.9 cm³/mol. The molecule has 1 aromatic rings. The van der Waals surface area contributed by atoms with Crippen LogP contribution in [0.15, 0.2) is 17.5 Å². The van der Waals surface area contributed by atoms with E-state index in [-0.39, 0.29) is 11.9 Å². The first-order valence-corrected chi connectivity index (χ1v) is 8.16. The van der Waals surface area contributed by atoms with Crippen LogP contribution in [-0.4, -0.2) is 43.7 Å². The van der Waals surface area contributed by atoms with E-state index in [4.69, 9.17) is 4.74 Å². The van der Waals surface area contributed by atoms with E-state index in [0.29, 0.717) is 18.9 Å². The Bertz CT molecular complexity index is 400. The lowest BCUT2D eigenvalue weighted by molar-refractivity contribution is -0.122. The molecule has 0 radical (unpaired) electrons. The molecule has 1 atom stereocenters. The Balaban J connectivity index is 1.94. The molecule has 1 N–H and O–H groups in total. The third-order valence-electron chi connectivity index (χ3n) is 3.44. The van der Waals surface area contributed by atoms with E-state index < -0.39 is 0 Å². The summed E-state index contributed by atoms with van der Waals surface area (Å²) in [7, 11) is 0. The van der Waals surface area contributed by atoms with Crippen LogP contribution in [0.2, 0.25) is 0 Å².